The molecule has 0 aromatic carbocycles. The van der Waals surface area contributed by atoms with Gasteiger partial charge in [-0.3, -0.25) is 4.79 Å². The average Bonchev–Trinajstić information content (AvgIpc) is 2.18. The average molecular weight is 218 g/mol. The molecule has 0 fully saturated rings. The first-order chi connectivity index (χ1) is 6.81. The molecule has 0 atom stereocenters. The van der Waals surface area contributed by atoms with Gasteiger partial charge < -0.3 is 10.2 Å². The van der Waals surface area contributed by atoms with Crippen LogP contribution < -0.4 is 0 Å². The normalized spacial score (nSPS) is 9.47. The molecule has 0 aromatic heterocycles. The van der Waals surface area contributed by atoms with Crippen LogP contribution in [0.25, 0.3) is 0 Å². The summed E-state index contributed by atoms with van der Waals surface area (Å²) >= 11 is 0. The van der Waals surface area contributed by atoms with Gasteiger partial charge in [-0.15, -0.1) is 0 Å². The Morgan fingerprint density at radius 1 is 0.933 bits per heavy atom. The lowest BCUT2D eigenvalue weighted by molar-refractivity contribution is -0.143. The predicted molar refractivity (Wildman–Crippen MR) is 62.9 cm³/mol. The van der Waals surface area contributed by atoms with Crippen LogP contribution in [0.1, 0.15) is 65.2 Å². The second kappa shape index (κ2) is 13.4. The Morgan fingerprint density at radius 3 is 2.13 bits per heavy atom. The molecular weight excluding hydrogens is 192 g/mol. The molecule has 3 heteroatoms. The number of unbranched alkanes of at least 4 members (excludes halogenated alkanes) is 5. The van der Waals surface area contributed by atoms with Crippen molar-refractivity contribution in [3.05, 3.63) is 0 Å². The Hall–Kier alpha value is -0.570. The van der Waals surface area contributed by atoms with Gasteiger partial charge in [0.2, 0.25) is 0 Å². The number of hydrogen-bond acceptors (Lipinski definition) is 2. The molecular formula is C12H26O3. The topological polar surface area (TPSA) is 57.8 Å². The molecule has 0 aliphatic rings. The predicted octanol–water partition coefficient (Wildman–Crippen LogP) is 2.87. The summed E-state index contributed by atoms with van der Waals surface area (Å²) in [6.07, 6.45) is 8.53. The van der Waals surface area contributed by atoms with Crippen molar-refractivity contribution in [1.29, 1.82) is 0 Å². The maximum absolute atomic E-state index is 11.1. The van der Waals surface area contributed by atoms with Crippen molar-refractivity contribution < 1.29 is 15.0 Å². The fourth-order valence-electron chi connectivity index (χ4n) is 1.31. The van der Waals surface area contributed by atoms with Crippen LogP contribution in [0.5, 0.6) is 0 Å². The van der Waals surface area contributed by atoms with Gasteiger partial charge in [0, 0.05) is 6.42 Å². The Kier molecular flexibility index (Phi) is 15.1. The highest BCUT2D eigenvalue weighted by molar-refractivity contribution is 5.69. The minimum atomic E-state index is -0.0186. The molecule has 0 aromatic rings. The van der Waals surface area contributed by atoms with Gasteiger partial charge in [-0.05, 0) is 12.8 Å². The Labute approximate surface area is 93.5 Å². The van der Waals surface area contributed by atoms with Gasteiger partial charge in [-0.1, -0.05) is 46.0 Å². The summed E-state index contributed by atoms with van der Waals surface area (Å²) in [5.41, 5.74) is 0. The lowest BCUT2D eigenvalue weighted by Gasteiger charge is -2.03. The number of rotatable bonds is 9. The number of hydrogen-bond donors (Lipinski definition) is 0. The van der Waals surface area contributed by atoms with Crippen molar-refractivity contribution in [3.63, 3.8) is 0 Å². The largest absolute Gasteiger partial charge is 0.466 e. The molecule has 15 heavy (non-hydrogen) atoms. The van der Waals surface area contributed by atoms with Crippen molar-refractivity contribution in [2.75, 3.05) is 6.61 Å². The maximum atomic E-state index is 11.1. The molecule has 92 valence electrons. The molecule has 0 unspecified atom stereocenters. The summed E-state index contributed by atoms with van der Waals surface area (Å²) in [4.78, 5) is 11.1. The number of carbonyl (C=O) groups is 1. The van der Waals surface area contributed by atoms with Crippen molar-refractivity contribution >= 4 is 5.97 Å². The highest BCUT2D eigenvalue weighted by Crippen LogP contribution is 2.02. The second-order valence-corrected chi connectivity index (χ2v) is 3.74. The molecule has 0 rings (SSSR count). The van der Waals surface area contributed by atoms with Crippen LogP contribution in [-0.4, -0.2) is 18.1 Å². The van der Waals surface area contributed by atoms with Crippen LogP contribution in [-0.2, 0) is 9.53 Å². The van der Waals surface area contributed by atoms with E-state index in [0.29, 0.717) is 13.0 Å². The van der Waals surface area contributed by atoms with E-state index in [-0.39, 0.29) is 11.4 Å². The van der Waals surface area contributed by atoms with Gasteiger partial charge in [0.05, 0.1) is 6.61 Å². The van der Waals surface area contributed by atoms with Gasteiger partial charge in [0.1, 0.15) is 0 Å². The number of ether oxygens (including phenoxy) is 1. The molecule has 0 saturated heterocycles. The van der Waals surface area contributed by atoms with E-state index in [1.54, 1.807) is 0 Å². The third-order valence-corrected chi connectivity index (χ3v) is 2.25. The van der Waals surface area contributed by atoms with Crippen LogP contribution in [0, 0.1) is 0 Å². The minimum absolute atomic E-state index is 0. The first-order valence-electron chi connectivity index (χ1n) is 5.96. The van der Waals surface area contributed by atoms with Crippen molar-refractivity contribution in [1.82, 2.24) is 0 Å². The second-order valence-electron chi connectivity index (χ2n) is 3.74. The van der Waals surface area contributed by atoms with Gasteiger partial charge in [-0.25, -0.2) is 0 Å². The molecule has 0 spiro atoms. The number of carbonyl (C=O) groups excluding carboxylic acids is 1. The van der Waals surface area contributed by atoms with Gasteiger partial charge >= 0.3 is 5.97 Å². The molecule has 0 saturated carbocycles. The first-order valence-corrected chi connectivity index (χ1v) is 5.96. The van der Waals surface area contributed by atoms with Crippen LogP contribution in [0.4, 0.5) is 0 Å². The van der Waals surface area contributed by atoms with Gasteiger partial charge in [0.25, 0.3) is 0 Å². The quantitative estimate of drug-likeness (QED) is 0.441. The van der Waals surface area contributed by atoms with Gasteiger partial charge in [0.15, 0.2) is 0 Å². The van der Waals surface area contributed by atoms with E-state index in [2.05, 4.69) is 13.8 Å². The highest BCUT2D eigenvalue weighted by atomic mass is 16.5. The summed E-state index contributed by atoms with van der Waals surface area (Å²) in [7, 11) is 0. The van der Waals surface area contributed by atoms with E-state index >= 15 is 0 Å². The fraction of sp³-hybridized carbons (Fsp3) is 0.917. The van der Waals surface area contributed by atoms with E-state index in [0.717, 1.165) is 25.7 Å². The highest BCUT2D eigenvalue weighted by Gasteiger charge is 2.00. The van der Waals surface area contributed by atoms with Crippen LogP contribution in [0.3, 0.4) is 0 Å². The molecule has 0 bridgehead atoms. The molecule has 2 N–H and O–H groups in total. The maximum Gasteiger partial charge on any atom is 0.305 e. The Balaban J connectivity index is 0. The Morgan fingerprint density at radius 2 is 1.53 bits per heavy atom. The zero-order valence-corrected chi connectivity index (χ0v) is 10.2. The smallest absolute Gasteiger partial charge is 0.305 e. The van der Waals surface area contributed by atoms with Crippen molar-refractivity contribution in [2.45, 2.75) is 65.2 Å². The zero-order valence-electron chi connectivity index (χ0n) is 10.2. The summed E-state index contributed by atoms with van der Waals surface area (Å²) in [5.74, 6) is -0.0186. The first kappa shape index (κ1) is 16.8. The van der Waals surface area contributed by atoms with Crippen LogP contribution >= 0.6 is 0 Å². The SMILES string of the molecule is CCCCCCOC(=O)CCCCC.O. The molecule has 0 radical (unpaired) electrons. The summed E-state index contributed by atoms with van der Waals surface area (Å²) in [5, 5.41) is 0. The van der Waals surface area contributed by atoms with Gasteiger partial charge in [-0.2, -0.15) is 0 Å². The number of esters is 1. The molecule has 0 aliphatic carbocycles. The van der Waals surface area contributed by atoms with E-state index in [4.69, 9.17) is 4.74 Å². The molecule has 0 amide bonds. The van der Waals surface area contributed by atoms with E-state index < -0.39 is 0 Å². The summed E-state index contributed by atoms with van der Waals surface area (Å²) < 4.78 is 5.10. The standard InChI is InChI=1S/C12H24O2.H2O/c1-3-5-7-9-11-14-12(13)10-8-6-4-2;/h3-11H2,1-2H3;1H2. The van der Waals surface area contributed by atoms with Crippen molar-refractivity contribution in [3.8, 4) is 0 Å². The van der Waals surface area contributed by atoms with E-state index in [9.17, 15) is 4.79 Å². The van der Waals surface area contributed by atoms with Crippen molar-refractivity contribution in [2.24, 2.45) is 0 Å². The van der Waals surface area contributed by atoms with E-state index in [1.807, 2.05) is 0 Å². The van der Waals surface area contributed by atoms with Crippen LogP contribution in [0.2, 0.25) is 0 Å². The van der Waals surface area contributed by atoms with E-state index in [1.165, 1.54) is 19.3 Å². The monoisotopic (exact) mass is 218 g/mol. The molecule has 0 heterocycles. The lowest BCUT2D eigenvalue weighted by atomic mass is 10.2. The minimum Gasteiger partial charge on any atom is -0.466 e. The third kappa shape index (κ3) is 13.4. The Bertz CT molecular complexity index is 135. The van der Waals surface area contributed by atoms with Crippen LogP contribution in [0.15, 0.2) is 0 Å². The lowest BCUT2D eigenvalue weighted by Crippen LogP contribution is -2.05. The fourth-order valence-corrected chi connectivity index (χ4v) is 1.31. The zero-order chi connectivity index (χ0) is 10.6. The molecule has 0 aliphatic heterocycles. The molecule has 3 nitrogen and oxygen atoms in total. The summed E-state index contributed by atoms with van der Waals surface area (Å²) in [6, 6.07) is 0. The summed E-state index contributed by atoms with van der Waals surface area (Å²) in [6.45, 7) is 4.93. The third-order valence-electron chi connectivity index (χ3n) is 2.25.